The Morgan fingerprint density at radius 3 is 2.75 bits per heavy atom. The molecule has 0 N–H and O–H groups in total. The Labute approximate surface area is 66.4 Å². The molecular weight excluding hydrogens is 236 g/mol. The first-order valence-corrected chi connectivity index (χ1v) is 4.04. The van der Waals surface area contributed by atoms with Crippen LogP contribution in [0.4, 0.5) is 0 Å². The average molecular weight is 244 g/mol. The van der Waals surface area contributed by atoms with Gasteiger partial charge in [-0.2, -0.15) is 0 Å². The molecule has 0 spiro atoms. The van der Waals surface area contributed by atoms with Gasteiger partial charge >= 0.3 is 0 Å². The molecule has 0 unspecified atom stereocenters. The quantitative estimate of drug-likeness (QED) is 0.741. The van der Waals surface area contributed by atoms with Crippen LogP contribution in [-0.2, 0) is 4.74 Å². The van der Waals surface area contributed by atoms with E-state index in [1.54, 1.807) is 4.99 Å². The first-order valence-electron chi connectivity index (χ1n) is 2.33. The van der Waals surface area contributed by atoms with E-state index in [2.05, 4.69) is 31.9 Å². The third-order valence-corrected chi connectivity index (χ3v) is 2.19. The molecule has 0 rings (SSSR count). The topological polar surface area (TPSA) is 9.23 Å². The standard InChI is InChI=1S/C5H8Br2O/c1-2-8-4-5(7)3-6/h3H,2,4H2,1H3/b5-3-. The zero-order valence-electron chi connectivity index (χ0n) is 4.66. The second-order valence-corrected chi connectivity index (χ2v) is 2.67. The van der Waals surface area contributed by atoms with Crippen molar-refractivity contribution >= 4 is 31.9 Å². The van der Waals surface area contributed by atoms with Crippen LogP contribution in [0.2, 0.25) is 0 Å². The van der Waals surface area contributed by atoms with Crippen LogP contribution >= 0.6 is 31.9 Å². The van der Waals surface area contributed by atoms with Crippen LogP contribution < -0.4 is 0 Å². The molecule has 0 atom stereocenters. The number of ether oxygens (including phenoxy) is 1. The summed E-state index contributed by atoms with van der Waals surface area (Å²) in [6.07, 6.45) is 0. The Kier molecular flexibility index (Phi) is 6.27. The highest BCUT2D eigenvalue weighted by Gasteiger charge is 1.86. The van der Waals surface area contributed by atoms with Gasteiger partial charge in [0.1, 0.15) is 0 Å². The molecule has 0 saturated carbocycles. The molecule has 0 aliphatic heterocycles. The van der Waals surface area contributed by atoms with Gasteiger partial charge in [-0.25, -0.2) is 0 Å². The van der Waals surface area contributed by atoms with E-state index in [1.165, 1.54) is 0 Å². The highest BCUT2D eigenvalue weighted by molar-refractivity contribution is 9.14. The van der Waals surface area contributed by atoms with Gasteiger partial charge in [-0.05, 0) is 11.9 Å². The van der Waals surface area contributed by atoms with Gasteiger partial charge in [-0.1, -0.05) is 31.9 Å². The lowest BCUT2D eigenvalue weighted by molar-refractivity contribution is 0.176. The molecule has 1 nitrogen and oxygen atoms in total. The molecule has 0 radical (unpaired) electrons. The number of halogens is 2. The summed E-state index contributed by atoms with van der Waals surface area (Å²) in [5.41, 5.74) is 0. The number of rotatable bonds is 3. The second-order valence-electron chi connectivity index (χ2n) is 1.19. The van der Waals surface area contributed by atoms with Crippen LogP contribution in [0.1, 0.15) is 6.92 Å². The van der Waals surface area contributed by atoms with E-state index < -0.39 is 0 Å². The van der Waals surface area contributed by atoms with E-state index in [0.29, 0.717) is 6.61 Å². The molecule has 8 heavy (non-hydrogen) atoms. The summed E-state index contributed by atoms with van der Waals surface area (Å²) in [4.78, 5) is 1.79. The van der Waals surface area contributed by atoms with Crippen molar-refractivity contribution in [2.75, 3.05) is 13.2 Å². The van der Waals surface area contributed by atoms with E-state index in [-0.39, 0.29) is 0 Å². The third-order valence-electron chi connectivity index (χ3n) is 0.562. The van der Waals surface area contributed by atoms with Gasteiger partial charge in [0.15, 0.2) is 0 Å². The molecular formula is C5H8Br2O. The van der Waals surface area contributed by atoms with Crippen LogP contribution in [0, 0.1) is 0 Å². The Morgan fingerprint density at radius 2 is 2.38 bits per heavy atom. The van der Waals surface area contributed by atoms with E-state index in [4.69, 9.17) is 4.74 Å². The first-order chi connectivity index (χ1) is 3.81. The molecule has 0 aromatic carbocycles. The zero-order valence-corrected chi connectivity index (χ0v) is 7.83. The SMILES string of the molecule is CCOC/C(Br)=C/Br. The maximum Gasteiger partial charge on any atom is 0.0786 e. The van der Waals surface area contributed by atoms with Gasteiger partial charge in [0.05, 0.1) is 6.61 Å². The number of hydrogen-bond donors (Lipinski definition) is 0. The summed E-state index contributed by atoms with van der Waals surface area (Å²) in [5.74, 6) is 0. The fraction of sp³-hybridized carbons (Fsp3) is 0.600. The highest BCUT2D eigenvalue weighted by Crippen LogP contribution is 2.06. The van der Waals surface area contributed by atoms with E-state index in [0.717, 1.165) is 11.1 Å². The normalized spacial score (nSPS) is 12.1. The minimum absolute atomic E-state index is 0.655. The lowest BCUT2D eigenvalue weighted by Gasteiger charge is -1.95. The molecule has 0 saturated heterocycles. The summed E-state index contributed by atoms with van der Waals surface area (Å²) < 4.78 is 6.07. The van der Waals surface area contributed by atoms with Crippen molar-refractivity contribution in [1.29, 1.82) is 0 Å². The van der Waals surface area contributed by atoms with Crippen LogP contribution in [0.5, 0.6) is 0 Å². The molecule has 0 fully saturated rings. The van der Waals surface area contributed by atoms with Crippen molar-refractivity contribution in [2.24, 2.45) is 0 Å². The minimum atomic E-state index is 0.655. The Morgan fingerprint density at radius 1 is 1.75 bits per heavy atom. The predicted octanol–water partition coefficient (Wildman–Crippen LogP) is 2.65. The lowest BCUT2D eigenvalue weighted by Crippen LogP contribution is -1.90. The van der Waals surface area contributed by atoms with Gasteiger partial charge in [0, 0.05) is 11.1 Å². The summed E-state index contributed by atoms with van der Waals surface area (Å²) >= 11 is 6.42. The fourth-order valence-electron chi connectivity index (χ4n) is 0.231. The van der Waals surface area contributed by atoms with Crippen molar-refractivity contribution in [3.8, 4) is 0 Å². The van der Waals surface area contributed by atoms with Crippen molar-refractivity contribution < 1.29 is 4.74 Å². The van der Waals surface area contributed by atoms with E-state index in [9.17, 15) is 0 Å². The first kappa shape index (κ1) is 8.66. The third kappa shape index (κ3) is 4.81. The monoisotopic (exact) mass is 242 g/mol. The summed E-state index contributed by atoms with van der Waals surface area (Å²) in [7, 11) is 0. The maximum absolute atomic E-state index is 5.04. The van der Waals surface area contributed by atoms with Crippen LogP contribution in [0.25, 0.3) is 0 Å². The molecule has 48 valence electrons. The summed E-state index contributed by atoms with van der Waals surface area (Å²) in [6, 6.07) is 0. The molecule has 3 heteroatoms. The van der Waals surface area contributed by atoms with Crippen molar-refractivity contribution in [2.45, 2.75) is 6.92 Å². The Balaban J connectivity index is 3.12. The second kappa shape index (κ2) is 5.79. The molecule has 0 aromatic rings. The largest absolute Gasteiger partial charge is 0.376 e. The van der Waals surface area contributed by atoms with Gasteiger partial charge < -0.3 is 4.74 Å². The van der Waals surface area contributed by atoms with Gasteiger partial charge in [-0.3, -0.25) is 0 Å². The van der Waals surface area contributed by atoms with Crippen LogP contribution in [-0.4, -0.2) is 13.2 Å². The van der Waals surface area contributed by atoms with Crippen LogP contribution in [0.15, 0.2) is 9.47 Å². The smallest absolute Gasteiger partial charge is 0.0786 e. The zero-order chi connectivity index (χ0) is 6.41. The molecule has 0 aliphatic rings. The predicted molar refractivity (Wildman–Crippen MR) is 42.4 cm³/mol. The maximum atomic E-state index is 5.04. The number of hydrogen-bond acceptors (Lipinski definition) is 1. The molecule has 0 amide bonds. The lowest BCUT2D eigenvalue weighted by atomic mass is 10.7. The van der Waals surface area contributed by atoms with Crippen LogP contribution in [0.3, 0.4) is 0 Å². The molecule has 0 heterocycles. The van der Waals surface area contributed by atoms with Crippen molar-refractivity contribution in [3.63, 3.8) is 0 Å². The Bertz CT molecular complexity index is 80.5. The average Bonchev–Trinajstić information content (AvgIpc) is 1.83. The van der Waals surface area contributed by atoms with Crippen molar-refractivity contribution in [3.05, 3.63) is 9.47 Å². The molecule has 0 bridgehead atoms. The van der Waals surface area contributed by atoms with E-state index >= 15 is 0 Å². The minimum Gasteiger partial charge on any atom is -0.376 e. The molecule has 0 aromatic heterocycles. The highest BCUT2D eigenvalue weighted by atomic mass is 79.9. The summed E-state index contributed by atoms with van der Waals surface area (Å²) in [6.45, 7) is 3.38. The van der Waals surface area contributed by atoms with Gasteiger partial charge in [-0.15, -0.1) is 0 Å². The van der Waals surface area contributed by atoms with E-state index in [1.807, 2.05) is 6.92 Å². The molecule has 0 aliphatic carbocycles. The summed E-state index contributed by atoms with van der Waals surface area (Å²) in [5, 5.41) is 0. The van der Waals surface area contributed by atoms with Gasteiger partial charge in [0.25, 0.3) is 0 Å². The Hall–Kier alpha value is 0.660. The van der Waals surface area contributed by atoms with Crippen molar-refractivity contribution in [1.82, 2.24) is 0 Å². The fourth-order valence-corrected chi connectivity index (χ4v) is 0.525. The van der Waals surface area contributed by atoms with Gasteiger partial charge in [0.2, 0.25) is 0 Å².